The van der Waals surface area contributed by atoms with Crippen molar-refractivity contribution in [3.8, 4) is 11.5 Å². The number of likely N-dealkylation sites (tertiary alicyclic amines) is 1. The molecule has 38 heavy (non-hydrogen) atoms. The van der Waals surface area contributed by atoms with Crippen LogP contribution in [0, 0.1) is 22.9 Å². The number of carbonyl (C=O) groups is 1. The first-order valence-electron chi connectivity index (χ1n) is 12.2. The molecule has 204 valence electrons. The first-order chi connectivity index (χ1) is 18.1. The topological polar surface area (TPSA) is 92.1 Å². The minimum Gasteiger partial charge on any atom is -0.497 e. The molecular weight excluding hydrogens is 525 g/mol. The van der Waals surface area contributed by atoms with Gasteiger partial charge in [0.1, 0.15) is 18.2 Å². The highest BCUT2D eigenvalue weighted by Gasteiger charge is 2.41. The summed E-state index contributed by atoms with van der Waals surface area (Å²) in [5, 5.41) is 22.1. The Hall–Kier alpha value is -3.08. The number of methoxy groups -OCH3 is 1. The highest BCUT2D eigenvalue weighted by atomic mass is 35.5. The van der Waals surface area contributed by atoms with Crippen LogP contribution in [0.3, 0.4) is 0 Å². The van der Waals surface area contributed by atoms with Gasteiger partial charge in [0.2, 0.25) is 5.82 Å². The maximum Gasteiger partial charge on any atom is 0.309 e. The lowest BCUT2D eigenvalue weighted by Gasteiger charge is -2.39. The van der Waals surface area contributed by atoms with Crippen LogP contribution in [0.4, 0.5) is 13.2 Å². The first kappa shape index (κ1) is 27.9. The molecule has 0 radical (unpaired) electrons. The lowest BCUT2D eigenvalue weighted by atomic mass is 9.74. The molecule has 1 aliphatic rings. The summed E-state index contributed by atoms with van der Waals surface area (Å²) in [4.78, 5) is 18.5. The van der Waals surface area contributed by atoms with Crippen molar-refractivity contribution >= 4 is 28.5 Å². The number of aliphatic hydroxyl groups is 1. The maximum absolute atomic E-state index is 13.8. The Bertz CT molecular complexity index is 1320. The van der Waals surface area contributed by atoms with Gasteiger partial charge in [-0.05, 0) is 57.0 Å². The van der Waals surface area contributed by atoms with Crippen LogP contribution in [0.2, 0.25) is 5.02 Å². The number of halogens is 4. The van der Waals surface area contributed by atoms with Crippen molar-refractivity contribution in [2.75, 3.05) is 33.4 Å². The summed E-state index contributed by atoms with van der Waals surface area (Å²) in [6.45, 7) is 1.18. The van der Waals surface area contributed by atoms with Crippen LogP contribution in [0.1, 0.15) is 37.4 Å². The third kappa shape index (κ3) is 5.98. The predicted octanol–water partition coefficient (Wildman–Crippen LogP) is 5.37. The number of ether oxygens (including phenoxy) is 2. The molecule has 0 unspecified atom stereocenters. The monoisotopic (exact) mass is 552 g/mol. The van der Waals surface area contributed by atoms with E-state index in [0.29, 0.717) is 60.8 Å². The maximum atomic E-state index is 13.8. The summed E-state index contributed by atoms with van der Waals surface area (Å²) in [6.07, 6.45) is 1.52. The fraction of sp³-hybridized carbons (Fsp3) is 0.407. The van der Waals surface area contributed by atoms with Crippen molar-refractivity contribution in [2.24, 2.45) is 5.41 Å². The van der Waals surface area contributed by atoms with E-state index in [4.69, 9.17) is 21.1 Å². The standard InChI is InChI=1S/C27H28ClF3N2O5/c1-37-17-2-3-21-18(14-17)24(19(28)15-32-21)22(34)4-5-27(26(35)36)6-8-33(9-7-27)10-11-38-23-13-16(29)12-20(30)25(23)31/h2-3,12-15,22,34H,4-11H2,1H3,(H,35,36)/t22-/m1/s1. The molecule has 2 heterocycles. The van der Waals surface area contributed by atoms with Crippen LogP contribution in [-0.4, -0.2) is 59.4 Å². The van der Waals surface area contributed by atoms with E-state index in [1.165, 1.54) is 13.3 Å². The zero-order chi connectivity index (χ0) is 27.4. The molecule has 2 aromatic carbocycles. The molecule has 1 fully saturated rings. The van der Waals surface area contributed by atoms with Gasteiger partial charge in [-0.2, -0.15) is 4.39 Å². The number of carboxylic acid groups (broad SMARTS) is 1. The zero-order valence-electron chi connectivity index (χ0n) is 20.7. The van der Waals surface area contributed by atoms with E-state index in [9.17, 15) is 28.2 Å². The number of fused-ring (bicyclic) bond motifs is 1. The number of rotatable bonds is 10. The number of aliphatic carboxylic acids is 1. The summed E-state index contributed by atoms with van der Waals surface area (Å²) in [6, 6.07) is 6.48. The molecule has 7 nitrogen and oxygen atoms in total. The summed E-state index contributed by atoms with van der Waals surface area (Å²) in [5.41, 5.74) is 0.0728. The number of aromatic nitrogens is 1. The van der Waals surface area contributed by atoms with Gasteiger partial charge in [-0.3, -0.25) is 14.7 Å². The molecule has 0 amide bonds. The van der Waals surface area contributed by atoms with Gasteiger partial charge in [-0.1, -0.05) is 11.6 Å². The molecule has 0 aliphatic carbocycles. The number of benzene rings is 2. The summed E-state index contributed by atoms with van der Waals surface area (Å²) >= 11 is 6.39. The Balaban J connectivity index is 1.37. The summed E-state index contributed by atoms with van der Waals surface area (Å²) in [7, 11) is 1.53. The number of piperidine rings is 1. The van der Waals surface area contributed by atoms with Crippen molar-refractivity contribution in [3.63, 3.8) is 0 Å². The van der Waals surface area contributed by atoms with E-state index in [1.807, 2.05) is 4.90 Å². The van der Waals surface area contributed by atoms with Crippen molar-refractivity contribution in [3.05, 3.63) is 64.6 Å². The lowest BCUT2D eigenvalue weighted by Crippen LogP contribution is -2.45. The number of nitrogens with zero attached hydrogens (tertiary/aromatic N) is 2. The van der Waals surface area contributed by atoms with Gasteiger partial charge in [0.15, 0.2) is 11.6 Å². The SMILES string of the molecule is COc1ccc2ncc(Cl)c([C@H](O)CCC3(C(=O)O)CCN(CCOc4cc(F)cc(F)c4F)CC3)c2c1. The van der Waals surface area contributed by atoms with Crippen molar-refractivity contribution in [2.45, 2.75) is 31.8 Å². The van der Waals surface area contributed by atoms with Crippen LogP contribution in [0.15, 0.2) is 36.5 Å². The van der Waals surface area contributed by atoms with E-state index >= 15 is 0 Å². The van der Waals surface area contributed by atoms with Gasteiger partial charge in [0, 0.05) is 35.8 Å². The van der Waals surface area contributed by atoms with Crippen LogP contribution >= 0.6 is 11.6 Å². The third-order valence-corrected chi connectivity index (χ3v) is 7.49. The predicted molar refractivity (Wildman–Crippen MR) is 135 cm³/mol. The molecule has 11 heteroatoms. The highest BCUT2D eigenvalue weighted by Crippen LogP contribution is 2.41. The van der Waals surface area contributed by atoms with E-state index in [2.05, 4.69) is 4.98 Å². The van der Waals surface area contributed by atoms with Crippen LogP contribution in [0.25, 0.3) is 10.9 Å². The fourth-order valence-electron chi connectivity index (χ4n) is 4.89. The Morgan fingerprint density at radius 1 is 1.21 bits per heavy atom. The van der Waals surface area contributed by atoms with E-state index < -0.39 is 40.7 Å². The molecule has 1 atom stereocenters. The Morgan fingerprint density at radius 3 is 2.63 bits per heavy atom. The Morgan fingerprint density at radius 2 is 1.95 bits per heavy atom. The minimum absolute atomic E-state index is 0.0182. The Labute approximate surface area is 222 Å². The average Bonchev–Trinajstić information content (AvgIpc) is 2.90. The van der Waals surface area contributed by atoms with Gasteiger partial charge in [-0.15, -0.1) is 0 Å². The number of carboxylic acids is 1. The third-order valence-electron chi connectivity index (χ3n) is 7.19. The van der Waals surface area contributed by atoms with Crippen molar-refractivity contribution < 1.29 is 37.7 Å². The van der Waals surface area contributed by atoms with E-state index in [1.54, 1.807) is 18.2 Å². The minimum atomic E-state index is -1.33. The second-order valence-electron chi connectivity index (χ2n) is 9.43. The number of hydrogen-bond donors (Lipinski definition) is 2. The van der Waals surface area contributed by atoms with Gasteiger partial charge in [-0.25, -0.2) is 8.78 Å². The molecule has 4 rings (SSSR count). The molecule has 1 saturated heterocycles. The normalized spacial score (nSPS) is 16.4. The van der Waals surface area contributed by atoms with Gasteiger partial charge < -0.3 is 19.7 Å². The van der Waals surface area contributed by atoms with Gasteiger partial charge in [0.05, 0.1) is 29.2 Å². The van der Waals surface area contributed by atoms with Crippen LogP contribution < -0.4 is 9.47 Å². The second-order valence-corrected chi connectivity index (χ2v) is 9.84. The van der Waals surface area contributed by atoms with E-state index in [-0.39, 0.29) is 24.5 Å². The first-order valence-corrected chi connectivity index (χ1v) is 12.5. The molecule has 3 aromatic rings. The molecule has 1 aliphatic heterocycles. The molecule has 0 bridgehead atoms. The number of hydrogen-bond acceptors (Lipinski definition) is 6. The van der Waals surface area contributed by atoms with Gasteiger partial charge >= 0.3 is 5.97 Å². The quantitative estimate of drug-likeness (QED) is 0.327. The van der Waals surface area contributed by atoms with Crippen molar-refractivity contribution in [1.82, 2.24) is 9.88 Å². The fourth-order valence-corrected chi connectivity index (χ4v) is 5.16. The van der Waals surface area contributed by atoms with Crippen LogP contribution in [0.5, 0.6) is 11.5 Å². The summed E-state index contributed by atoms with van der Waals surface area (Å²) < 4.78 is 51.0. The average molecular weight is 553 g/mol. The number of aliphatic hydroxyl groups excluding tert-OH is 1. The van der Waals surface area contributed by atoms with Crippen LogP contribution in [-0.2, 0) is 4.79 Å². The number of pyridine rings is 1. The lowest BCUT2D eigenvalue weighted by molar-refractivity contribution is -0.153. The highest BCUT2D eigenvalue weighted by molar-refractivity contribution is 6.32. The molecular formula is C27H28ClF3N2O5. The smallest absolute Gasteiger partial charge is 0.309 e. The second kappa shape index (κ2) is 11.8. The molecule has 0 saturated carbocycles. The zero-order valence-corrected chi connectivity index (χ0v) is 21.5. The van der Waals surface area contributed by atoms with Gasteiger partial charge in [0.25, 0.3) is 0 Å². The largest absolute Gasteiger partial charge is 0.497 e. The molecule has 0 spiro atoms. The Kier molecular flexibility index (Phi) is 8.64. The van der Waals surface area contributed by atoms with E-state index in [0.717, 1.165) is 6.07 Å². The molecule has 2 N–H and O–H groups in total. The summed E-state index contributed by atoms with van der Waals surface area (Å²) in [5.74, 6) is -4.39. The molecule has 1 aromatic heterocycles. The van der Waals surface area contributed by atoms with Crippen molar-refractivity contribution in [1.29, 1.82) is 0 Å².